The van der Waals surface area contributed by atoms with Crippen LogP contribution in [0.5, 0.6) is 0 Å². The van der Waals surface area contributed by atoms with Crippen molar-refractivity contribution in [3.63, 3.8) is 0 Å². The summed E-state index contributed by atoms with van der Waals surface area (Å²) in [5, 5.41) is 8.75. The largest absolute Gasteiger partial charge is 0.398 e. The fourth-order valence-electron chi connectivity index (χ4n) is 1.93. The second-order valence-electron chi connectivity index (χ2n) is 4.87. The zero-order valence-electron chi connectivity index (χ0n) is 12.5. The summed E-state index contributed by atoms with van der Waals surface area (Å²) in [6.07, 6.45) is 2.50. The van der Waals surface area contributed by atoms with Gasteiger partial charge in [-0.1, -0.05) is 47.9 Å². The van der Waals surface area contributed by atoms with Gasteiger partial charge in [-0.15, -0.1) is 0 Å². The molecule has 0 atom stereocenters. The van der Waals surface area contributed by atoms with Gasteiger partial charge in [0.25, 0.3) is 0 Å². The van der Waals surface area contributed by atoms with Crippen molar-refractivity contribution >= 4 is 5.69 Å². The molecular formula is C20H19NO. The minimum absolute atomic E-state index is 0.224. The maximum Gasteiger partial charge on any atom is 0.0478 e. The first-order valence-corrected chi connectivity index (χ1v) is 7.36. The molecule has 0 spiro atoms. The molecule has 0 aliphatic carbocycles. The number of benzene rings is 2. The summed E-state index contributed by atoms with van der Waals surface area (Å²) in [7, 11) is 0. The lowest BCUT2D eigenvalue weighted by Crippen LogP contribution is -1.89. The minimum atomic E-state index is 0.224. The maximum absolute atomic E-state index is 8.75. The Balaban J connectivity index is 2.17. The van der Waals surface area contributed by atoms with Gasteiger partial charge >= 0.3 is 0 Å². The van der Waals surface area contributed by atoms with Gasteiger partial charge < -0.3 is 10.8 Å². The van der Waals surface area contributed by atoms with E-state index in [4.69, 9.17) is 10.8 Å². The minimum Gasteiger partial charge on any atom is -0.398 e. The average molecular weight is 289 g/mol. The van der Waals surface area contributed by atoms with E-state index < -0.39 is 0 Å². The van der Waals surface area contributed by atoms with Crippen molar-refractivity contribution in [3.8, 4) is 23.7 Å². The molecule has 110 valence electrons. The quantitative estimate of drug-likeness (QED) is 0.518. The van der Waals surface area contributed by atoms with Crippen LogP contribution in [0.25, 0.3) is 0 Å². The van der Waals surface area contributed by atoms with E-state index in [0.29, 0.717) is 5.69 Å². The van der Waals surface area contributed by atoms with Crippen LogP contribution in [-0.4, -0.2) is 11.7 Å². The molecule has 0 fully saturated rings. The highest BCUT2D eigenvalue weighted by molar-refractivity contribution is 5.59. The summed E-state index contributed by atoms with van der Waals surface area (Å²) in [4.78, 5) is 0. The van der Waals surface area contributed by atoms with Crippen molar-refractivity contribution in [2.75, 3.05) is 12.3 Å². The van der Waals surface area contributed by atoms with Gasteiger partial charge in [-0.25, -0.2) is 0 Å². The number of aliphatic hydroxyl groups excluding tert-OH is 1. The van der Waals surface area contributed by atoms with Crippen molar-refractivity contribution < 1.29 is 5.11 Å². The molecule has 2 rings (SSSR count). The highest BCUT2D eigenvalue weighted by atomic mass is 16.2. The Morgan fingerprint density at radius 1 is 0.773 bits per heavy atom. The SMILES string of the molecule is Nc1ccccc1C#Cc1ccccc1C#CCCCCO. The third kappa shape index (κ3) is 4.70. The van der Waals surface area contributed by atoms with Crippen molar-refractivity contribution in [2.24, 2.45) is 0 Å². The van der Waals surface area contributed by atoms with E-state index in [1.54, 1.807) is 0 Å². The molecule has 0 radical (unpaired) electrons. The Labute approximate surface area is 132 Å². The molecule has 0 amide bonds. The van der Waals surface area contributed by atoms with Crippen molar-refractivity contribution in [1.29, 1.82) is 0 Å². The number of anilines is 1. The molecule has 2 heteroatoms. The molecule has 3 N–H and O–H groups in total. The van der Waals surface area contributed by atoms with Crippen LogP contribution >= 0.6 is 0 Å². The van der Waals surface area contributed by atoms with Crippen LogP contribution in [-0.2, 0) is 0 Å². The van der Waals surface area contributed by atoms with Gasteiger partial charge in [-0.2, -0.15) is 0 Å². The van der Waals surface area contributed by atoms with Gasteiger partial charge in [0.05, 0.1) is 0 Å². The number of hydrogen-bond donors (Lipinski definition) is 2. The van der Waals surface area contributed by atoms with E-state index in [0.717, 1.165) is 36.0 Å². The fraction of sp³-hybridized carbons (Fsp3) is 0.200. The van der Waals surface area contributed by atoms with Crippen molar-refractivity contribution in [1.82, 2.24) is 0 Å². The van der Waals surface area contributed by atoms with E-state index in [1.807, 2.05) is 48.5 Å². The summed E-state index contributed by atoms with van der Waals surface area (Å²) in [6.45, 7) is 0.224. The van der Waals surface area contributed by atoms with E-state index in [1.165, 1.54) is 0 Å². The highest BCUT2D eigenvalue weighted by Crippen LogP contribution is 2.10. The maximum atomic E-state index is 8.75. The van der Waals surface area contributed by atoms with Crippen LogP contribution in [0, 0.1) is 23.7 Å². The smallest absolute Gasteiger partial charge is 0.0478 e. The molecule has 0 saturated carbocycles. The zero-order chi connectivity index (χ0) is 15.6. The normalized spacial score (nSPS) is 9.32. The third-order valence-electron chi connectivity index (χ3n) is 3.15. The number of aliphatic hydroxyl groups is 1. The van der Waals surface area contributed by atoms with Gasteiger partial charge in [0.15, 0.2) is 0 Å². The Kier molecular flexibility index (Phi) is 6.12. The van der Waals surface area contributed by atoms with Gasteiger partial charge in [0, 0.05) is 35.4 Å². The summed E-state index contributed by atoms with van der Waals surface area (Å²) >= 11 is 0. The molecule has 0 saturated heterocycles. The fourth-order valence-corrected chi connectivity index (χ4v) is 1.93. The predicted octanol–water partition coefficient (Wildman–Crippen LogP) is 3.18. The molecule has 2 aromatic rings. The molecule has 2 nitrogen and oxygen atoms in total. The van der Waals surface area contributed by atoms with Crippen LogP contribution in [0.15, 0.2) is 48.5 Å². The average Bonchev–Trinajstić information content (AvgIpc) is 2.55. The van der Waals surface area contributed by atoms with Gasteiger partial charge in [0.2, 0.25) is 0 Å². The van der Waals surface area contributed by atoms with Gasteiger partial charge in [-0.05, 0) is 37.1 Å². The van der Waals surface area contributed by atoms with E-state index >= 15 is 0 Å². The topological polar surface area (TPSA) is 46.2 Å². The Bertz CT molecular complexity index is 741. The lowest BCUT2D eigenvalue weighted by Gasteiger charge is -1.97. The van der Waals surface area contributed by atoms with Crippen LogP contribution in [0.4, 0.5) is 5.69 Å². The molecule has 22 heavy (non-hydrogen) atoms. The number of nitrogens with two attached hydrogens (primary N) is 1. The number of nitrogen functional groups attached to an aromatic ring is 1. The second-order valence-corrected chi connectivity index (χ2v) is 4.87. The number of rotatable bonds is 3. The Morgan fingerprint density at radius 2 is 1.36 bits per heavy atom. The molecule has 0 heterocycles. The standard InChI is InChI=1S/C20H19NO/c21-20-13-7-6-12-19(20)15-14-18-11-5-4-10-17(18)9-3-1-2-8-16-22/h4-7,10-13,22H,1-2,8,16,21H2. The molecule has 0 aromatic heterocycles. The lowest BCUT2D eigenvalue weighted by molar-refractivity contribution is 0.285. The van der Waals surface area contributed by atoms with Crippen molar-refractivity contribution in [2.45, 2.75) is 19.3 Å². The summed E-state index contributed by atoms with van der Waals surface area (Å²) in [5.41, 5.74) is 9.24. The molecule has 2 aromatic carbocycles. The first-order chi connectivity index (χ1) is 10.8. The molecular weight excluding hydrogens is 270 g/mol. The van der Waals surface area contributed by atoms with Gasteiger partial charge in [-0.3, -0.25) is 0 Å². The summed E-state index contributed by atoms with van der Waals surface area (Å²) in [5.74, 6) is 12.5. The van der Waals surface area contributed by atoms with Crippen LogP contribution in [0.1, 0.15) is 36.0 Å². The van der Waals surface area contributed by atoms with E-state index in [9.17, 15) is 0 Å². The highest BCUT2D eigenvalue weighted by Gasteiger charge is 1.96. The molecule has 0 aliphatic rings. The molecule has 0 aliphatic heterocycles. The number of hydrogen-bond acceptors (Lipinski definition) is 2. The predicted molar refractivity (Wildman–Crippen MR) is 91.1 cm³/mol. The Morgan fingerprint density at radius 3 is 2.05 bits per heavy atom. The van der Waals surface area contributed by atoms with Gasteiger partial charge in [0.1, 0.15) is 0 Å². The number of para-hydroxylation sites is 1. The second kappa shape index (κ2) is 8.57. The summed E-state index contributed by atoms with van der Waals surface area (Å²) < 4.78 is 0. The van der Waals surface area contributed by atoms with E-state index in [-0.39, 0.29) is 6.61 Å². The number of unbranched alkanes of at least 4 members (excludes halogenated alkanes) is 2. The Hall–Kier alpha value is -2.68. The van der Waals surface area contributed by atoms with Crippen LogP contribution in [0.2, 0.25) is 0 Å². The molecule has 0 bridgehead atoms. The first kappa shape index (κ1) is 15.7. The zero-order valence-corrected chi connectivity index (χ0v) is 12.5. The summed E-state index contributed by atoms with van der Waals surface area (Å²) in [6, 6.07) is 15.4. The third-order valence-corrected chi connectivity index (χ3v) is 3.15. The monoisotopic (exact) mass is 289 g/mol. The van der Waals surface area contributed by atoms with Crippen LogP contribution in [0.3, 0.4) is 0 Å². The van der Waals surface area contributed by atoms with Crippen molar-refractivity contribution in [3.05, 3.63) is 65.2 Å². The lowest BCUT2D eigenvalue weighted by atomic mass is 10.1. The molecule has 0 unspecified atom stereocenters. The van der Waals surface area contributed by atoms with Crippen LogP contribution < -0.4 is 5.73 Å². The first-order valence-electron chi connectivity index (χ1n) is 7.36. The van der Waals surface area contributed by atoms with E-state index in [2.05, 4.69) is 23.7 Å².